The van der Waals surface area contributed by atoms with Gasteiger partial charge in [0.05, 0.1) is 5.69 Å². The molecule has 9 heteroatoms. The molecule has 1 aromatic carbocycles. The van der Waals surface area contributed by atoms with Gasteiger partial charge in [0, 0.05) is 19.2 Å². The van der Waals surface area contributed by atoms with E-state index < -0.39 is 11.9 Å². The second-order valence-electron chi connectivity index (χ2n) is 5.29. The highest BCUT2D eigenvalue weighted by Gasteiger charge is 2.33. The number of benzene rings is 1. The number of amides is 1. The van der Waals surface area contributed by atoms with Gasteiger partial charge in [-0.25, -0.2) is 4.68 Å². The lowest BCUT2D eigenvalue weighted by Crippen LogP contribution is -2.23. The summed E-state index contributed by atoms with van der Waals surface area (Å²) in [7, 11) is 1.83. The molecule has 0 unspecified atom stereocenters. The molecule has 2 aromatic rings. The predicted molar refractivity (Wildman–Crippen MR) is 90.8 cm³/mol. The van der Waals surface area contributed by atoms with Gasteiger partial charge < -0.3 is 10.6 Å². The van der Waals surface area contributed by atoms with E-state index >= 15 is 0 Å². The summed E-state index contributed by atoms with van der Waals surface area (Å²) in [5, 5.41) is 9.29. The quantitative estimate of drug-likeness (QED) is 0.730. The maximum atomic E-state index is 12.5. The van der Waals surface area contributed by atoms with Crippen molar-refractivity contribution < 1.29 is 18.0 Å². The summed E-state index contributed by atoms with van der Waals surface area (Å²) in [5.41, 5.74) is 0.457. The number of hydrogen-bond acceptors (Lipinski definition) is 3. The van der Waals surface area contributed by atoms with E-state index in [1.807, 2.05) is 7.05 Å². The Morgan fingerprint density at radius 1 is 1.20 bits per heavy atom. The van der Waals surface area contributed by atoms with Gasteiger partial charge in [0.2, 0.25) is 5.91 Å². The third-order valence-corrected chi connectivity index (χ3v) is 3.40. The van der Waals surface area contributed by atoms with Gasteiger partial charge in [-0.3, -0.25) is 4.79 Å². The Kier molecular flexibility index (Phi) is 7.92. The zero-order valence-electron chi connectivity index (χ0n) is 13.6. The van der Waals surface area contributed by atoms with Crippen LogP contribution in [0.4, 0.5) is 13.2 Å². The lowest BCUT2D eigenvalue weighted by Gasteiger charge is -2.07. The lowest BCUT2D eigenvalue weighted by atomic mass is 10.2. The van der Waals surface area contributed by atoms with Gasteiger partial charge in [-0.15, -0.1) is 12.4 Å². The monoisotopic (exact) mass is 376 g/mol. The van der Waals surface area contributed by atoms with Crippen molar-refractivity contribution in [2.24, 2.45) is 0 Å². The zero-order chi connectivity index (χ0) is 17.6. The van der Waals surface area contributed by atoms with Crippen LogP contribution < -0.4 is 10.6 Å². The second kappa shape index (κ2) is 9.43. The molecule has 0 saturated heterocycles. The number of alkyl halides is 3. The van der Waals surface area contributed by atoms with Crippen LogP contribution in [-0.2, 0) is 17.5 Å². The molecular weight excluding hydrogens is 357 g/mol. The fourth-order valence-corrected chi connectivity index (χ4v) is 2.10. The Balaban J connectivity index is 0.00000312. The predicted octanol–water partition coefficient (Wildman–Crippen LogP) is 2.93. The number of hydrogen-bond donors (Lipinski definition) is 2. The van der Waals surface area contributed by atoms with Gasteiger partial charge in [0.1, 0.15) is 0 Å². The number of carbonyl (C=O) groups excluding carboxylic acids is 1. The van der Waals surface area contributed by atoms with E-state index in [-0.39, 0.29) is 18.3 Å². The molecule has 1 aromatic heterocycles. The highest BCUT2D eigenvalue weighted by atomic mass is 35.5. The van der Waals surface area contributed by atoms with Crippen molar-refractivity contribution in [3.8, 4) is 5.69 Å². The summed E-state index contributed by atoms with van der Waals surface area (Å²) in [6.07, 6.45) is -1.97. The van der Waals surface area contributed by atoms with E-state index in [0.717, 1.165) is 24.6 Å². The number of nitrogens with zero attached hydrogens (tertiary/aromatic N) is 2. The molecular formula is C16H20ClF3N4O. The first-order chi connectivity index (χ1) is 11.4. The number of aromatic nitrogens is 2. The molecule has 0 aliphatic rings. The van der Waals surface area contributed by atoms with Crippen molar-refractivity contribution in [2.45, 2.75) is 25.6 Å². The summed E-state index contributed by atoms with van der Waals surface area (Å²) in [6.45, 7) is 1.16. The maximum absolute atomic E-state index is 12.5. The van der Waals surface area contributed by atoms with Crippen molar-refractivity contribution in [3.05, 3.63) is 47.8 Å². The first kappa shape index (κ1) is 21.0. The van der Waals surface area contributed by atoms with E-state index in [9.17, 15) is 18.0 Å². The molecule has 0 aliphatic carbocycles. The molecule has 2 rings (SSSR count). The Morgan fingerprint density at radius 2 is 1.88 bits per heavy atom. The van der Waals surface area contributed by atoms with Gasteiger partial charge in [0.15, 0.2) is 5.69 Å². The Morgan fingerprint density at radius 3 is 2.44 bits per heavy atom. The van der Waals surface area contributed by atoms with Crippen LogP contribution in [0.15, 0.2) is 36.5 Å². The van der Waals surface area contributed by atoms with E-state index in [1.54, 1.807) is 24.3 Å². The SMILES string of the molecule is CNCCCC(=O)NCc1ccc(-n2ccc(C(F)(F)F)n2)cc1.Cl. The summed E-state index contributed by atoms with van der Waals surface area (Å²) in [4.78, 5) is 11.6. The van der Waals surface area contributed by atoms with Crippen LogP contribution >= 0.6 is 12.4 Å². The van der Waals surface area contributed by atoms with Gasteiger partial charge in [0.25, 0.3) is 0 Å². The van der Waals surface area contributed by atoms with Gasteiger partial charge in [-0.2, -0.15) is 18.3 Å². The smallest absolute Gasteiger partial charge is 0.352 e. The molecule has 1 amide bonds. The molecule has 2 N–H and O–H groups in total. The second-order valence-corrected chi connectivity index (χ2v) is 5.29. The normalized spacial score (nSPS) is 11.0. The highest BCUT2D eigenvalue weighted by Crippen LogP contribution is 2.27. The first-order valence-corrected chi connectivity index (χ1v) is 7.53. The summed E-state index contributed by atoms with van der Waals surface area (Å²) in [5.74, 6) is -0.0313. The van der Waals surface area contributed by atoms with Crippen LogP contribution in [0.3, 0.4) is 0 Å². The summed E-state index contributed by atoms with van der Waals surface area (Å²) < 4.78 is 38.8. The molecule has 25 heavy (non-hydrogen) atoms. The molecule has 0 atom stereocenters. The van der Waals surface area contributed by atoms with Crippen molar-refractivity contribution in [1.29, 1.82) is 0 Å². The summed E-state index contributed by atoms with van der Waals surface area (Å²) >= 11 is 0. The summed E-state index contributed by atoms with van der Waals surface area (Å²) in [6, 6.07) is 7.75. The van der Waals surface area contributed by atoms with E-state index in [0.29, 0.717) is 18.7 Å². The van der Waals surface area contributed by atoms with Crippen LogP contribution in [0.5, 0.6) is 0 Å². The van der Waals surface area contributed by atoms with Crippen molar-refractivity contribution >= 4 is 18.3 Å². The Bertz CT molecular complexity index is 671. The molecule has 1 heterocycles. The maximum Gasteiger partial charge on any atom is 0.435 e. The average molecular weight is 377 g/mol. The minimum absolute atomic E-state index is 0. The van der Waals surface area contributed by atoms with Gasteiger partial charge in [-0.1, -0.05) is 12.1 Å². The van der Waals surface area contributed by atoms with E-state index in [2.05, 4.69) is 15.7 Å². The molecule has 0 bridgehead atoms. The molecule has 0 spiro atoms. The van der Waals surface area contributed by atoms with Gasteiger partial charge >= 0.3 is 6.18 Å². The van der Waals surface area contributed by atoms with Crippen LogP contribution in [0, 0.1) is 0 Å². The molecule has 0 fully saturated rings. The average Bonchev–Trinajstić information content (AvgIpc) is 3.04. The third kappa shape index (κ3) is 6.39. The van der Waals surface area contributed by atoms with Gasteiger partial charge in [-0.05, 0) is 43.8 Å². The standard InChI is InChI=1S/C16H19F3N4O.ClH/c1-20-9-2-3-15(24)21-11-12-4-6-13(7-5-12)23-10-8-14(22-23)16(17,18)19;/h4-8,10,20H,2-3,9,11H2,1H3,(H,21,24);1H. The lowest BCUT2D eigenvalue weighted by molar-refractivity contribution is -0.141. The van der Waals surface area contributed by atoms with Crippen LogP contribution in [0.25, 0.3) is 5.69 Å². The zero-order valence-corrected chi connectivity index (χ0v) is 14.5. The van der Waals surface area contributed by atoms with Crippen LogP contribution in [0.1, 0.15) is 24.1 Å². The fourth-order valence-electron chi connectivity index (χ4n) is 2.10. The van der Waals surface area contributed by atoms with Crippen molar-refractivity contribution in [1.82, 2.24) is 20.4 Å². The molecule has 0 saturated carbocycles. The minimum Gasteiger partial charge on any atom is -0.352 e. The molecule has 5 nitrogen and oxygen atoms in total. The first-order valence-electron chi connectivity index (χ1n) is 7.53. The topological polar surface area (TPSA) is 59.0 Å². The van der Waals surface area contributed by atoms with E-state index in [4.69, 9.17) is 0 Å². The fraction of sp³-hybridized carbons (Fsp3) is 0.375. The van der Waals surface area contributed by atoms with Crippen molar-refractivity contribution in [2.75, 3.05) is 13.6 Å². The highest BCUT2D eigenvalue weighted by molar-refractivity contribution is 5.85. The molecule has 0 aliphatic heterocycles. The number of rotatable bonds is 7. The van der Waals surface area contributed by atoms with Crippen molar-refractivity contribution in [3.63, 3.8) is 0 Å². The van der Waals surface area contributed by atoms with E-state index in [1.165, 1.54) is 10.9 Å². The third-order valence-electron chi connectivity index (χ3n) is 3.40. The largest absolute Gasteiger partial charge is 0.435 e. The Labute approximate surface area is 150 Å². The minimum atomic E-state index is -4.46. The number of halogens is 4. The van der Waals surface area contributed by atoms with Crippen LogP contribution in [-0.4, -0.2) is 29.3 Å². The number of nitrogens with one attached hydrogen (secondary N) is 2. The number of carbonyl (C=O) groups is 1. The van der Waals surface area contributed by atoms with Crippen LogP contribution in [0.2, 0.25) is 0 Å². The molecule has 0 radical (unpaired) electrons. The Hall–Kier alpha value is -2.06. The molecule has 138 valence electrons.